The zero-order valence-electron chi connectivity index (χ0n) is 8.76. The van der Waals surface area contributed by atoms with Gasteiger partial charge >= 0.3 is 0 Å². The molecule has 0 aliphatic heterocycles. The second kappa shape index (κ2) is 4.27. The molecule has 1 aliphatic carbocycles. The lowest BCUT2D eigenvalue weighted by atomic mass is 10.1. The van der Waals surface area contributed by atoms with Crippen LogP contribution in [0, 0.1) is 17.6 Å². The third-order valence-electron chi connectivity index (χ3n) is 2.95. The molecule has 1 aromatic rings. The highest BCUT2D eigenvalue weighted by Gasteiger charge is 2.37. The molecule has 2 unspecified atom stereocenters. The highest BCUT2D eigenvalue weighted by atomic mass is 19.2. The number of halogens is 2. The van der Waals surface area contributed by atoms with Crippen LogP contribution in [0.2, 0.25) is 0 Å². The number of hydrogen-bond donors (Lipinski definition) is 1. The molecule has 1 N–H and O–H groups in total. The van der Waals surface area contributed by atoms with E-state index >= 15 is 0 Å². The largest absolute Gasteiger partial charge is 0.317 e. The van der Waals surface area contributed by atoms with Crippen LogP contribution in [-0.4, -0.2) is 13.1 Å². The van der Waals surface area contributed by atoms with E-state index in [2.05, 4.69) is 12.2 Å². The van der Waals surface area contributed by atoms with Crippen LogP contribution in [0.3, 0.4) is 0 Å². The Kier molecular flexibility index (Phi) is 3.00. The molecule has 0 bridgehead atoms. The Bertz CT molecular complexity index is 351. The lowest BCUT2D eigenvalue weighted by Gasteiger charge is -2.02. The minimum Gasteiger partial charge on any atom is -0.317 e. The summed E-state index contributed by atoms with van der Waals surface area (Å²) >= 11 is 0. The van der Waals surface area contributed by atoms with Gasteiger partial charge in [-0.05, 0) is 49.0 Å². The maximum Gasteiger partial charge on any atom is 0.159 e. The van der Waals surface area contributed by atoms with Crippen LogP contribution in [0.25, 0.3) is 0 Å². The van der Waals surface area contributed by atoms with Gasteiger partial charge in [0.15, 0.2) is 11.6 Å². The first kappa shape index (κ1) is 10.6. The average Bonchev–Trinajstić information content (AvgIpc) is 2.98. The summed E-state index contributed by atoms with van der Waals surface area (Å²) in [5, 5.41) is 3.27. The SMILES string of the molecule is CCNCC1CC1c1ccc(F)c(F)c1. The van der Waals surface area contributed by atoms with Crippen molar-refractivity contribution in [2.75, 3.05) is 13.1 Å². The van der Waals surface area contributed by atoms with E-state index in [4.69, 9.17) is 0 Å². The summed E-state index contributed by atoms with van der Waals surface area (Å²) in [5.74, 6) is -0.488. The Morgan fingerprint density at radius 2 is 2.13 bits per heavy atom. The zero-order valence-corrected chi connectivity index (χ0v) is 8.76. The molecule has 0 amide bonds. The van der Waals surface area contributed by atoms with E-state index in [0.717, 1.165) is 25.1 Å². The quantitative estimate of drug-likeness (QED) is 0.807. The third kappa shape index (κ3) is 2.34. The number of rotatable bonds is 4. The molecule has 82 valence electrons. The molecule has 1 aliphatic rings. The molecule has 1 aromatic carbocycles. The third-order valence-corrected chi connectivity index (χ3v) is 2.95. The van der Waals surface area contributed by atoms with Gasteiger partial charge in [0.2, 0.25) is 0 Å². The predicted molar refractivity (Wildman–Crippen MR) is 55.7 cm³/mol. The molecule has 0 heterocycles. The number of benzene rings is 1. The van der Waals surface area contributed by atoms with E-state index in [9.17, 15) is 8.78 Å². The van der Waals surface area contributed by atoms with Crippen molar-refractivity contribution in [2.45, 2.75) is 19.3 Å². The first-order valence-corrected chi connectivity index (χ1v) is 5.38. The molecule has 0 spiro atoms. The lowest BCUT2D eigenvalue weighted by Crippen LogP contribution is -2.16. The summed E-state index contributed by atoms with van der Waals surface area (Å²) in [4.78, 5) is 0. The van der Waals surface area contributed by atoms with Crippen LogP contribution in [0.15, 0.2) is 18.2 Å². The summed E-state index contributed by atoms with van der Waals surface area (Å²) in [6.07, 6.45) is 1.08. The number of hydrogen-bond acceptors (Lipinski definition) is 1. The smallest absolute Gasteiger partial charge is 0.159 e. The van der Waals surface area contributed by atoms with Gasteiger partial charge in [-0.2, -0.15) is 0 Å². The van der Waals surface area contributed by atoms with Crippen molar-refractivity contribution < 1.29 is 8.78 Å². The van der Waals surface area contributed by atoms with Crippen molar-refractivity contribution >= 4 is 0 Å². The molecule has 0 radical (unpaired) electrons. The molecule has 2 atom stereocenters. The van der Waals surface area contributed by atoms with E-state index in [1.54, 1.807) is 6.07 Å². The summed E-state index contributed by atoms with van der Waals surface area (Å²) in [6, 6.07) is 4.23. The summed E-state index contributed by atoms with van der Waals surface area (Å²) < 4.78 is 25.7. The van der Waals surface area contributed by atoms with Crippen LogP contribution in [0.5, 0.6) is 0 Å². The van der Waals surface area contributed by atoms with E-state index in [-0.39, 0.29) is 0 Å². The van der Waals surface area contributed by atoms with Crippen LogP contribution < -0.4 is 5.32 Å². The van der Waals surface area contributed by atoms with Crippen molar-refractivity contribution in [1.82, 2.24) is 5.32 Å². The molecular formula is C12H15F2N. The van der Waals surface area contributed by atoms with Gasteiger partial charge in [-0.3, -0.25) is 0 Å². The molecule has 1 saturated carbocycles. The molecule has 0 saturated heterocycles. The minimum atomic E-state index is -0.761. The van der Waals surface area contributed by atoms with Gasteiger partial charge in [-0.25, -0.2) is 8.78 Å². The second-order valence-corrected chi connectivity index (χ2v) is 4.08. The lowest BCUT2D eigenvalue weighted by molar-refractivity contribution is 0.506. The molecule has 1 nitrogen and oxygen atoms in total. The molecule has 2 rings (SSSR count). The number of nitrogens with one attached hydrogen (secondary N) is 1. The van der Waals surface area contributed by atoms with E-state index < -0.39 is 11.6 Å². The van der Waals surface area contributed by atoms with Gasteiger partial charge in [0.25, 0.3) is 0 Å². The van der Waals surface area contributed by atoms with E-state index in [0.29, 0.717) is 11.8 Å². The molecular weight excluding hydrogens is 196 g/mol. The Labute approximate surface area is 88.5 Å². The van der Waals surface area contributed by atoms with Crippen molar-refractivity contribution in [3.8, 4) is 0 Å². The average molecular weight is 211 g/mol. The first-order chi connectivity index (χ1) is 7.22. The molecule has 0 aromatic heterocycles. The topological polar surface area (TPSA) is 12.0 Å². The Balaban J connectivity index is 1.98. The Morgan fingerprint density at radius 1 is 1.33 bits per heavy atom. The zero-order chi connectivity index (χ0) is 10.8. The van der Waals surface area contributed by atoms with Crippen molar-refractivity contribution in [1.29, 1.82) is 0 Å². The van der Waals surface area contributed by atoms with Crippen molar-refractivity contribution in [3.05, 3.63) is 35.4 Å². The van der Waals surface area contributed by atoms with Gasteiger partial charge in [-0.15, -0.1) is 0 Å². The molecule has 3 heteroatoms. The van der Waals surface area contributed by atoms with E-state index in [1.165, 1.54) is 12.1 Å². The van der Waals surface area contributed by atoms with Crippen LogP contribution in [0.4, 0.5) is 8.78 Å². The maximum atomic E-state index is 13.0. The van der Waals surface area contributed by atoms with Gasteiger partial charge in [0.05, 0.1) is 0 Å². The monoisotopic (exact) mass is 211 g/mol. The molecule has 15 heavy (non-hydrogen) atoms. The second-order valence-electron chi connectivity index (χ2n) is 4.08. The summed E-state index contributed by atoms with van der Waals surface area (Å²) in [7, 11) is 0. The first-order valence-electron chi connectivity index (χ1n) is 5.38. The fourth-order valence-electron chi connectivity index (χ4n) is 1.95. The van der Waals surface area contributed by atoms with Crippen LogP contribution >= 0.6 is 0 Å². The van der Waals surface area contributed by atoms with Gasteiger partial charge in [0, 0.05) is 0 Å². The fraction of sp³-hybridized carbons (Fsp3) is 0.500. The van der Waals surface area contributed by atoms with Crippen molar-refractivity contribution in [2.24, 2.45) is 5.92 Å². The van der Waals surface area contributed by atoms with E-state index in [1.807, 2.05) is 0 Å². The van der Waals surface area contributed by atoms with Crippen LogP contribution in [-0.2, 0) is 0 Å². The summed E-state index contributed by atoms with van der Waals surface area (Å²) in [6.45, 7) is 4.00. The highest BCUT2D eigenvalue weighted by Crippen LogP contribution is 2.47. The molecule has 1 fully saturated rings. The van der Waals surface area contributed by atoms with Gasteiger partial charge < -0.3 is 5.32 Å². The van der Waals surface area contributed by atoms with Crippen LogP contribution in [0.1, 0.15) is 24.8 Å². The Morgan fingerprint density at radius 3 is 2.80 bits per heavy atom. The highest BCUT2D eigenvalue weighted by molar-refractivity contribution is 5.27. The Hall–Kier alpha value is -0.960. The van der Waals surface area contributed by atoms with Gasteiger partial charge in [-0.1, -0.05) is 13.0 Å². The summed E-state index contributed by atoms with van der Waals surface area (Å²) in [5.41, 5.74) is 0.928. The minimum absolute atomic E-state index is 0.416. The fourth-order valence-corrected chi connectivity index (χ4v) is 1.95. The predicted octanol–water partition coefficient (Wildman–Crippen LogP) is 2.68. The maximum absolute atomic E-state index is 13.0. The standard InChI is InChI=1S/C12H15F2N/c1-2-15-7-9-5-10(9)8-3-4-11(13)12(14)6-8/h3-4,6,9-10,15H,2,5,7H2,1H3. The van der Waals surface area contributed by atoms with Crippen molar-refractivity contribution in [3.63, 3.8) is 0 Å². The normalized spacial score (nSPS) is 24.2. The van der Waals surface area contributed by atoms with Gasteiger partial charge in [0.1, 0.15) is 0 Å².